The first-order chi connectivity index (χ1) is 9.20. The SMILES string of the molecule is CCCN(Cc1ccc[nH]1)C(=O)c1ccc(Cl)cc1. The third-order valence-corrected chi connectivity index (χ3v) is 3.15. The van der Waals surface area contributed by atoms with Gasteiger partial charge < -0.3 is 9.88 Å². The molecular weight excluding hydrogens is 260 g/mol. The Morgan fingerprint density at radius 3 is 2.58 bits per heavy atom. The minimum Gasteiger partial charge on any atom is -0.364 e. The maximum Gasteiger partial charge on any atom is 0.254 e. The predicted octanol–water partition coefficient (Wildman–Crippen LogP) is 3.72. The van der Waals surface area contributed by atoms with Crippen molar-refractivity contribution in [3.63, 3.8) is 0 Å². The number of aromatic amines is 1. The zero-order chi connectivity index (χ0) is 13.7. The fourth-order valence-corrected chi connectivity index (χ4v) is 2.09. The van der Waals surface area contributed by atoms with Crippen molar-refractivity contribution in [2.24, 2.45) is 0 Å². The molecule has 1 N–H and O–H groups in total. The lowest BCUT2D eigenvalue weighted by Gasteiger charge is -2.21. The lowest BCUT2D eigenvalue weighted by molar-refractivity contribution is 0.0741. The number of hydrogen-bond acceptors (Lipinski definition) is 1. The summed E-state index contributed by atoms with van der Waals surface area (Å²) >= 11 is 5.84. The topological polar surface area (TPSA) is 36.1 Å². The molecule has 0 radical (unpaired) electrons. The number of carbonyl (C=O) groups excluding carboxylic acids is 1. The molecule has 100 valence electrons. The van der Waals surface area contributed by atoms with Crippen molar-refractivity contribution in [1.29, 1.82) is 0 Å². The highest BCUT2D eigenvalue weighted by Gasteiger charge is 2.15. The molecule has 0 saturated carbocycles. The van der Waals surface area contributed by atoms with Gasteiger partial charge >= 0.3 is 0 Å². The molecule has 3 nitrogen and oxygen atoms in total. The van der Waals surface area contributed by atoms with Gasteiger partial charge in [-0.2, -0.15) is 0 Å². The molecule has 1 heterocycles. The van der Waals surface area contributed by atoms with E-state index in [2.05, 4.69) is 11.9 Å². The van der Waals surface area contributed by atoms with Crippen molar-refractivity contribution >= 4 is 17.5 Å². The van der Waals surface area contributed by atoms with Crippen LogP contribution >= 0.6 is 11.6 Å². The van der Waals surface area contributed by atoms with Gasteiger partial charge in [0.25, 0.3) is 5.91 Å². The van der Waals surface area contributed by atoms with Crippen LogP contribution in [-0.2, 0) is 6.54 Å². The summed E-state index contributed by atoms with van der Waals surface area (Å²) in [7, 11) is 0. The van der Waals surface area contributed by atoms with Crippen molar-refractivity contribution in [3.05, 3.63) is 58.9 Å². The average Bonchev–Trinajstić information content (AvgIpc) is 2.91. The summed E-state index contributed by atoms with van der Waals surface area (Å²) in [5.74, 6) is 0.0353. The van der Waals surface area contributed by atoms with E-state index in [0.717, 1.165) is 18.7 Å². The van der Waals surface area contributed by atoms with E-state index >= 15 is 0 Å². The number of amides is 1. The summed E-state index contributed by atoms with van der Waals surface area (Å²) in [5, 5.41) is 0.642. The summed E-state index contributed by atoms with van der Waals surface area (Å²) in [6, 6.07) is 10.9. The summed E-state index contributed by atoms with van der Waals surface area (Å²) in [6.45, 7) is 3.40. The number of halogens is 1. The standard InChI is InChI=1S/C15H17ClN2O/c1-2-10-18(11-14-4-3-9-17-14)15(19)12-5-7-13(16)8-6-12/h3-9,17H,2,10-11H2,1H3. The van der Waals surface area contributed by atoms with Crippen LogP contribution in [0.5, 0.6) is 0 Å². The third-order valence-electron chi connectivity index (χ3n) is 2.90. The van der Waals surface area contributed by atoms with Crippen molar-refractivity contribution in [1.82, 2.24) is 9.88 Å². The van der Waals surface area contributed by atoms with Crippen molar-refractivity contribution in [3.8, 4) is 0 Å². The Morgan fingerprint density at radius 2 is 2.00 bits per heavy atom. The van der Waals surface area contributed by atoms with E-state index in [1.807, 2.05) is 23.2 Å². The Hall–Kier alpha value is -1.74. The molecule has 0 saturated heterocycles. The highest BCUT2D eigenvalue weighted by Crippen LogP contribution is 2.13. The van der Waals surface area contributed by atoms with Gasteiger partial charge in [-0.25, -0.2) is 0 Å². The summed E-state index contributed by atoms with van der Waals surface area (Å²) < 4.78 is 0. The van der Waals surface area contributed by atoms with Gasteiger partial charge in [0.2, 0.25) is 0 Å². The monoisotopic (exact) mass is 276 g/mol. The number of carbonyl (C=O) groups is 1. The van der Waals surface area contributed by atoms with E-state index in [1.165, 1.54) is 0 Å². The van der Waals surface area contributed by atoms with Crippen LogP contribution in [0.15, 0.2) is 42.6 Å². The minimum absolute atomic E-state index is 0.0353. The normalized spacial score (nSPS) is 10.4. The third kappa shape index (κ3) is 3.61. The van der Waals surface area contributed by atoms with Crippen molar-refractivity contribution < 1.29 is 4.79 Å². The molecule has 0 fully saturated rings. The highest BCUT2D eigenvalue weighted by molar-refractivity contribution is 6.30. The maximum absolute atomic E-state index is 12.4. The number of aromatic nitrogens is 1. The van der Waals surface area contributed by atoms with Crippen LogP contribution < -0.4 is 0 Å². The molecule has 1 aromatic heterocycles. The molecule has 1 aromatic carbocycles. The molecule has 0 aliphatic carbocycles. The van der Waals surface area contributed by atoms with Gasteiger partial charge in [0.1, 0.15) is 0 Å². The first kappa shape index (κ1) is 13.7. The zero-order valence-electron chi connectivity index (χ0n) is 10.9. The van der Waals surface area contributed by atoms with E-state index in [1.54, 1.807) is 24.3 Å². The van der Waals surface area contributed by atoms with Gasteiger partial charge in [-0.3, -0.25) is 4.79 Å². The second kappa shape index (κ2) is 6.43. The molecular formula is C15H17ClN2O. The second-order valence-electron chi connectivity index (χ2n) is 4.43. The highest BCUT2D eigenvalue weighted by atomic mass is 35.5. The molecule has 19 heavy (non-hydrogen) atoms. The Kier molecular flexibility index (Phi) is 4.63. The number of H-pyrrole nitrogens is 1. The molecule has 0 aliphatic rings. The molecule has 0 unspecified atom stereocenters. The molecule has 0 spiro atoms. The quantitative estimate of drug-likeness (QED) is 0.888. The fraction of sp³-hybridized carbons (Fsp3) is 0.267. The summed E-state index contributed by atoms with van der Waals surface area (Å²) in [6.07, 6.45) is 2.80. The Balaban J connectivity index is 2.13. The number of nitrogens with zero attached hydrogens (tertiary/aromatic N) is 1. The molecule has 2 rings (SSSR count). The smallest absolute Gasteiger partial charge is 0.254 e. The van der Waals surface area contributed by atoms with Crippen molar-refractivity contribution in [2.75, 3.05) is 6.54 Å². The van der Waals surface area contributed by atoms with Gasteiger partial charge in [-0.1, -0.05) is 18.5 Å². The van der Waals surface area contributed by atoms with Crippen LogP contribution in [0.25, 0.3) is 0 Å². The number of rotatable bonds is 5. The van der Waals surface area contributed by atoms with Gasteiger partial charge in [-0.05, 0) is 42.8 Å². The van der Waals surface area contributed by atoms with E-state index in [9.17, 15) is 4.79 Å². The molecule has 2 aromatic rings. The Morgan fingerprint density at radius 1 is 1.26 bits per heavy atom. The Labute approximate surface area is 118 Å². The summed E-state index contributed by atoms with van der Waals surface area (Å²) in [5.41, 5.74) is 1.71. The molecule has 0 atom stereocenters. The maximum atomic E-state index is 12.4. The summed E-state index contributed by atoms with van der Waals surface area (Å²) in [4.78, 5) is 17.4. The van der Waals surface area contributed by atoms with Crippen LogP contribution in [0.1, 0.15) is 29.4 Å². The van der Waals surface area contributed by atoms with Crippen LogP contribution in [0.2, 0.25) is 5.02 Å². The molecule has 1 amide bonds. The molecule has 4 heteroatoms. The first-order valence-electron chi connectivity index (χ1n) is 6.38. The number of benzene rings is 1. The van der Waals surface area contributed by atoms with E-state index in [0.29, 0.717) is 17.1 Å². The van der Waals surface area contributed by atoms with Gasteiger partial charge in [-0.15, -0.1) is 0 Å². The minimum atomic E-state index is 0.0353. The largest absolute Gasteiger partial charge is 0.364 e. The van der Waals surface area contributed by atoms with Gasteiger partial charge in [0, 0.05) is 29.0 Å². The van der Waals surface area contributed by atoms with E-state index in [-0.39, 0.29) is 5.91 Å². The average molecular weight is 277 g/mol. The molecule has 0 bridgehead atoms. The van der Waals surface area contributed by atoms with E-state index in [4.69, 9.17) is 11.6 Å². The van der Waals surface area contributed by atoms with Gasteiger partial charge in [0.15, 0.2) is 0 Å². The van der Waals surface area contributed by atoms with Crippen LogP contribution in [0.4, 0.5) is 0 Å². The van der Waals surface area contributed by atoms with Crippen molar-refractivity contribution in [2.45, 2.75) is 19.9 Å². The molecule has 0 aliphatic heterocycles. The Bertz CT molecular complexity index is 520. The fourth-order valence-electron chi connectivity index (χ4n) is 1.97. The van der Waals surface area contributed by atoms with E-state index < -0.39 is 0 Å². The lowest BCUT2D eigenvalue weighted by atomic mass is 10.2. The predicted molar refractivity (Wildman–Crippen MR) is 77.3 cm³/mol. The number of nitrogens with one attached hydrogen (secondary N) is 1. The number of hydrogen-bond donors (Lipinski definition) is 1. The zero-order valence-corrected chi connectivity index (χ0v) is 11.7. The lowest BCUT2D eigenvalue weighted by Crippen LogP contribution is -2.31. The van der Waals surface area contributed by atoms with Gasteiger partial charge in [0.05, 0.1) is 6.54 Å². The second-order valence-corrected chi connectivity index (χ2v) is 4.87. The van der Waals surface area contributed by atoms with Crippen LogP contribution in [-0.4, -0.2) is 22.3 Å². The van der Waals surface area contributed by atoms with Crippen LogP contribution in [0, 0.1) is 0 Å². The van der Waals surface area contributed by atoms with Crippen LogP contribution in [0.3, 0.4) is 0 Å². The first-order valence-corrected chi connectivity index (χ1v) is 6.75.